The van der Waals surface area contributed by atoms with Crippen molar-refractivity contribution in [1.82, 2.24) is 20.0 Å². The van der Waals surface area contributed by atoms with Gasteiger partial charge in [-0.05, 0) is 56.0 Å². The lowest BCUT2D eigenvalue weighted by molar-refractivity contribution is 0.0728. The zero-order chi connectivity index (χ0) is 17.9. The predicted octanol–water partition coefficient (Wildman–Crippen LogP) is 2.79. The molecule has 6 nitrogen and oxygen atoms in total. The number of piperidine rings is 1. The summed E-state index contributed by atoms with van der Waals surface area (Å²) in [5, 5.41) is 8.00. The lowest BCUT2D eigenvalue weighted by Crippen LogP contribution is -2.33. The number of benzene rings is 1. The van der Waals surface area contributed by atoms with Gasteiger partial charge in [-0.1, -0.05) is 12.1 Å². The minimum atomic E-state index is 0.0258. The molecule has 1 N–H and O–H groups in total. The zero-order valence-corrected chi connectivity index (χ0v) is 15.2. The van der Waals surface area contributed by atoms with Crippen LogP contribution in [0.5, 0.6) is 5.75 Å². The number of nitrogens with one attached hydrogen (secondary N) is 1. The smallest absolute Gasteiger partial charge is 0.274 e. The van der Waals surface area contributed by atoms with Crippen LogP contribution in [0.4, 0.5) is 0 Å². The fourth-order valence-electron chi connectivity index (χ4n) is 4.07. The second-order valence-corrected chi connectivity index (χ2v) is 7.11. The Labute approximate surface area is 154 Å². The quantitative estimate of drug-likeness (QED) is 0.917. The molecule has 2 saturated heterocycles. The highest BCUT2D eigenvalue weighted by Gasteiger charge is 2.32. The normalized spacial score (nSPS) is 23.2. The number of hydrogen-bond acceptors (Lipinski definition) is 4. The molecule has 2 aromatic rings. The Morgan fingerprint density at radius 2 is 2.19 bits per heavy atom. The molecule has 2 atom stereocenters. The first kappa shape index (κ1) is 17.1. The van der Waals surface area contributed by atoms with E-state index in [0.29, 0.717) is 11.7 Å². The standard InChI is InChI=1S/C20H26N4O2/c1-26-17-7-2-5-15(13-17)19-8-4-11-23(19)20(25)18-9-12-24(22-18)16-6-3-10-21-14-16/h2,5,7,9,12-13,16,19,21H,3-4,6,8,10-11,14H2,1H3. The average molecular weight is 354 g/mol. The number of methoxy groups -OCH3 is 1. The SMILES string of the molecule is COc1cccc(C2CCCN2C(=O)c2ccn(C3CCCNC3)n2)c1. The molecule has 2 fully saturated rings. The molecular weight excluding hydrogens is 328 g/mol. The third kappa shape index (κ3) is 3.33. The van der Waals surface area contributed by atoms with Gasteiger partial charge in [0.15, 0.2) is 0 Å². The summed E-state index contributed by atoms with van der Waals surface area (Å²) in [7, 11) is 1.67. The monoisotopic (exact) mass is 354 g/mol. The maximum Gasteiger partial charge on any atom is 0.274 e. The number of amides is 1. The molecule has 26 heavy (non-hydrogen) atoms. The molecule has 138 valence electrons. The summed E-state index contributed by atoms with van der Waals surface area (Å²) in [6, 6.07) is 10.3. The molecule has 0 radical (unpaired) electrons. The van der Waals surface area contributed by atoms with Crippen molar-refractivity contribution >= 4 is 5.91 Å². The number of carbonyl (C=O) groups is 1. The molecule has 2 aliphatic rings. The molecule has 2 aliphatic heterocycles. The topological polar surface area (TPSA) is 59.4 Å². The van der Waals surface area contributed by atoms with Crippen LogP contribution in [0.15, 0.2) is 36.5 Å². The first-order valence-corrected chi connectivity index (χ1v) is 9.47. The van der Waals surface area contributed by atoms with Gasteiger partial charge in [0.2, 0.25) is 0 Å². The summed E-state index contributed by atoms with van der Waals surface area (Å²) in [6.45, 7) is 2.77. The van der Waals surface area contributed by atoms with Crippen molar-refractivity contribution in [1.29, 1.82) is 0 Å². The maximum absolute atomic E-state index is 13.1. The van der Waals surface area contributed by atoms with Gasteiger partial charge in [-0.25, -0.2) is 0 Å². The van der Waals surface area contributed by atoms with Crippen LogP contribution in [0.2, 0.25) is 0 Å². The third-order valence-corrected chi connectivity index (χ3v) is 5.46. The van der Waals surface area contributed by atoms with Gasteiger partial charge in [-0.2, -0.15) is 5.10 Å². The van der Waals surface area contributed by atoms with E-state index in [-0.39, 0.29) is 11.9 Å². The van der Waals surface area contributed by atoms with Gasteiger partial charge in [0.05, 0.1) is 19.2 Å². The molecule has 2 unspecified atom stereocenters. The zero-order valence-electron chi connectivity index (χ0n) is 15.2. The Morgan fingerprint density at radius 1 is 1.27 bits per heavy atom. The van der Waals surface area contributed by atoms with Crippen molar-refractivity contribution in [3.8, 4) is 5.75 Å². The highest BCUT2D eigenvalue weighted by Crippen LogP contribution is 2.34. The van der Waals surface area contributed by atoms with Crippen LogP contribution in [-0.4, -0.2) is 47.3 Å². The Morgan fingerprint density at radius 3 is 3.00 bits per heavy atom. The molecule has 6 heteroatoms. The second kappa shape index (κ2) is 7.50. The largest absolute Gasteiger partial charge is 0.497 e. The molecule has 1 aromatic heterocycles. The Bertz CT molecular complexity index is 767. The van der Waals surface area contributed by atoms with Crippen molar-refractivity contribution in [3.05, 3.63) is 47.8 Å². The van der Waals surface area contributed by atoms with E-state index in [0.717, 1.165) is 56.6 Å². The van der Waals surface area contributed by atoms with Crippen LogP contribution >= 0.6 is 0 Å². The molecular formula is C20H26N4O2. The fraction of sp³-hybridized carbons (Fsp3) is 0.500. The summed E-state index contributed by atoms with van der Waals surface area (Å²) < 4.78 is 7.29. The van der Waals surface area contributed by atoms with Crippen LogP contribution in [-0.2, 0) is 0 Å². The minimum absolute atomic E-state index is 0.0258. The van der Waals surface area contributed by atoms with E-state index in [9.17, 15) is 4.79 Å². The first-order chi connectivity index (χ1) is 12.8. The first-order valence-electron chi connectivity index (χ1n) is 9.47. The van der Waals surface area contributed by atoms with Gasteiger partial charge < -0.3 is 15.0 Å². The summed E-state index contributed by atoms with van der Waals surface area (Å²) >= 11 is 0. The van der Waals surface area contributed by atoms with Crippen LogP contribution in [0.3, 0.4) is 0 Å². The van der Waals surface area contributed by atoms with Crippen molar-refractivity contribution in [3.63, 3.8) is 0 Å². The van der Waals surface area contributed by atoms with Gasteiger partial charge in [-0.15, -0.1) is 0 Å². The molecule has 1 aromatic carbocycles. The van der Waals surface area contributed by atoms with E-state index in [1.807, 2.05) is 40.0 Å². The van der Waals surface area contributed by atoms with Gasteiger partial charge in [0, 0.05) is 19.3 Å². The lowest BCUT2D eigenvalue weighted by Gasteiger charge is -2.25. The Hall–Kier alpha value is -2.34. The van der Waals surface area contributed by atoms with Crippen molar-refractivity contribution in [2.45, 2.75) is 37.8 Å². The summed E-state index contributed by atoms with van der Waals surface area (Å²) in [6.07, 6.45) is 6.20. The second-order valence-electron chi connectivity index (χ2n) is 7.11. The van der Waals surface area contributed by atoms with E-state index in [4.69, 9.17) is 4.74 Å². The van der Waals surface area contributed by atoms with Gasteiger partial charge in [-0.3, -0.25) is 9.48 Å². The van der Waals surface area contributed by atoms with E-state index in [1.165, 1.54) is 0 Å². The van der Waals surface area contributed by atoms with E-state index < -0.39 is 0 Å². The molecule has 0 spiro atoms. The summed E-state index contributed by atoms with van der Waals surface area (Å²) in [4.78, 5) is 15.0. The van der Waals surface area contributed by atoms with Crippen LogP contribution in [0, 0.1) is 0 Å². The Balaban J connectivity index is 1.52. The number of nitrogens with zero attached hydrogens (tertiary/aromatic N) is 3. The van der Waals surface area contributed by atoms with E-state index in [2.05, 4.69) is 16.5 Å². The van der Waals surface area contributed by atoms with Crippen LogP contribution in [0.1, 0.15) is 53.8 Å². The molecule has 4 rings (SSSR count). The van der Waals surface area contributed by atoms with Crippen LogP contribution < -0.4 is 10.1 Å². The number of rotatable bonds is 4. The summed E-state index contributed by atoms with van der Waals surface area (Å²) in [5.74, 6) is 0.855. The highest BCUT2D eigenvalue weighted by molar-refractivity contribution is 5.92. The molecule has 1 amide bonds. The molecule has 0 aliphatic carbocycles. The lowest BCUT2D eigenvalue weighted by atomic mass is 10.0. The summed E-state index contributed by atoms with van der Waals surface area (Å²) in [5.41, 5.74) is 1.68. The average Bonchev–Trinajstić information content (AvgIpc) is 3.38. The number of likely N-dealkylation sites (tertiary alicyclic amines) is 1. The number of ether oxygens (including phenoxy) is 1. The maximum atomic E-state index is 13.1. The highest BCUT2D eigenvalue weighted by atomic mass is 16.5. The number of aromatic nitrogens is 2. The minimum Gasteiger partial charge on any atom is -0.497 e. The van der Waals surface area contributed by atoms with Gasteiger partial charge >= 0.3 is 0 Å². The predicted molar refractivity (Wildman–Crippen MR) is 99.4 cm³/mol. The van der Waals surface area contributed by atoms with E-state index >= 15 is 0 Å². The van der Waals surface area contributed by atoms with Gasteiger partial charge in [0.25, 0.3) is 5.91 Å². The van der Waals surface area contributed by atoms with Crippen molar-refractivity contribution in [2.24, 2.45) is 0 Å². The van der Waals surface area contributed by atoms with Crippen molar-refractivity contribution in [2.75, 3.05) is 26.7 Å². The number of hydrogen-bond donors (Lipinski definition) is 1. The molecule has 0 bridgehead atoms. The van der Waals surface area contributed by atoms with Crippen LogP contribution in [0.25, 0.3) is 0 Å². The fourth-order valence-corrected chi connectivity index (χ4v) is 4.07. The van der Waals surface area contributed by atoms with Gasteiger partial charge in [0.1, 0.15) is 11.4 Å². The number of carbonyl (C=O) groups excluding carboxylic acids is 1. The van der Waals surface area contributed by atoms with Crippen molar-refractivity contribution < 1.29 is 9.53 Å². The molecule has 3 heterocycles. The van der Waals surface area contributed by atoms with E-state index in [1.54, 1.807) is 7.11 Å². The molecule has 0 saturated carbocycles. The third-order valence-electron chi connectivity index (χ3n) is 5.46. The Kier molecular flexibility index (Phi) is 4.93.